The molecule has 2 aromatic rings. The predicted octanol–water partition coefficient (Wildman–Crippen LogP) is 4.49. The van der Waals surface area contributed by atoms with E-state index in [2.05, 4.69) is 16.4 Å². The van der Waals surface area contributed by atoms with Crippen molar-refractivity contribution in [2.24, 2.45) is 0 Å². The van der Waals surface area contributed by atoms with Crippen LogP contribution in [-0.2, 0) is 11.2 Å². The SMILES string of the molecule is C=CC(=O)N1CC2CC1CN2c1nc(OCC23CCCN2CCC3)nc2cc(CC)c(F)cc12.CC.F. The molecule has 6 rings (SSSR count). The topological polar surface area (TPSA) is 61.8 Å². The van der Waals surface area contributed by atoms with Crippen LogP contribution in [0.3, 0.4) is 0 Å². The Morgan fingerprint density at radius 2 is 1.92 bits per heavy atom. The van der Waals surface area contributed by atoms with Crippen molar-refractivity contribution in [1.82, 2.24) is 19.8 Å². The van der Waals surface area contributed by atoms with E-state index in [1.807, 2.05) is 31.7 Å². The Morgan fingerprint density at radius 3 is 2.54 bits per heavy atom. The zero-order chi connectivity index (χ0) is 25.4. The molecule has 4 fully saturated rings. The number of ether oxygens (including phenoxy) is 1. The molecule has 1 aromatic heterocycles. The summed E-state index contributed by atoms with van der Waals surface area (Å²) in [5, 5.41) is 0.706. The van der Waals surface area contributed by atoms with Crippen LogP contribution in [0.4, 0.5) is 14.9 Å². The van der Waals surface area contributed by atoms with Gasteiger partial charge in [0.1, 0.15) is 18.2 Å². The number of aromatic nitrogens is 2. The second kappa shape index (κ2) is 10.9. The highest BCUT2D eigenvalue weighted by molar-refractivity contribution is 5.92. The van der Waals surface area contributed by atoms with E-state index in [0.29, 0.717) is 54.4 Å². The van der Waals surface area contributed by atoms with Crippen LogP contribution >= 0.6 is 0 Å². The number of halogens is 2. The Kier molecular flexibility index (Phi) is 8.02. The third-order valence-corrected chi connectivity index (χ3v) is 8.46. The maximum atomic E-state index is 14.8. The van der Waals surface area contributed by atoms with Crippen molar-refractivity contribution in [3.05, 3.63) is 36.2 Å². The molecule has 0 N–H and O–H groups in total. The zero-order valence-electron chi connectivity index (χ0n) is 22.2. The minimum absolute atomic E-state index is 0. The average molecular weight is 516 g/mol. The summed E-state index contributed by atoms with van der Waals surface area (Å²) in [4.78, 5) is 28.5. The van der Waals surface area contributed by atoms with Gasteiger partial charge < -0.3 is 14.5 Å². The highest BCUT2D eigenvalue weighted by Crippen LogP contribution is 2.40. The smallest absolute Gasteiger partial charge is 0.319 e. The molecule has 2 unspecified atom stereocenters. The molecule has 7 nitrogen and oxygen atoms in total. The molecule has 4 saturated heterocycles. The molecular formula is C28H39F2N5O2. The first kappa shape index (κ1) is 27.2. The number of hydrogen-bond donors (Lipinski definition) is 0. The van der Waals surface area contributed by atoms with Crippen LogP contribution in [0, 0.1) is 5.82 Å². The van der Waals surface area contributed by atoms with Crippen molar-refractivity contribution in [2.45, 2.75) is 76.9 Å². The fourth-order valence-electron chi connectivity index (χ4n) is 6.68. The number of likely N-dealkylation sites (tertiary alicyclic amines) is 1. The van der Waals surface area contributed by atoms with Crippen molar-refractivity contribution in [3.63, 3.8) is 0 Å². The lowest BCUT2D eigenvalue weighted by Crippen LogP contribution is -2.48. The highest BCUT2D eigenvalue weighted by Gasteiger charge is 2.47. The minimum Gasteiger partial charge on any atom is -0.461 e. The largest absolute Gasteiger partial charge is 0.461 e. The van der Waals surface area contributed by atoms with Gasteiger partial charge in [0.05, 0.1) is 23.1 Å². The molecule has 0 radical (unpaired) electrons. The van der Waals surface area contributed by atoms with E-state index >= 15 is 0 Å². The normalized spacial score (nSPS) is 23.5. The van der Waals surface area contributed by atoms with E-state index in [0.717, 1.165) is 32.4 Å². The second-order valence-corrected chi connectivity index (χ2v) is 10.2. The zero-order valence-corrected chi connectivity index (χ0v) is 22.2. The maximum Gasteiger partial charge on any atom is 0.319 e. The van der Waals surface area contributed by atoms with Gasteiger partial charge in [-0.05, 0) is 75.4 Å². The summed E-state index contributed by atoms with van der Waals surface area (Å²) >= 11 is 0. The summed E-state index contributed by atoms with van der Waals surface area (Å²) in [7, 11) is 0. The lowest BCUT2D eigenvalue weighted by molar-refractivity contribution is -0.127. The first-order valence-corrected chi connectivity index (χ1v) is 13.6. The number of nitrogens with zero attached hydrogens (tertiary/aromatic N) is 5. The van der Waals surface area contributed by atoms with Gasteiger partial charge >= 0.3 is 6.01 Å². The highest BCUT2D eigenvalue weighted by atomic mass is 19.1. The van der Waals surface area contributed by atoms with Gasteiger partial charge in [-0.15, -0.1) is 0 Å². The number of fused-ring (bicyclic) bond motifs is 4. The van der Waals surface area contributed by atoms with Gasteiger partial charge in [-0.1, -0.05) is 27.4 Å². The van der Waals surface area contributed by atoms with E-state index in [1.165, 1.54) is 18.9 Å². The number of piperazine rings is 1. The van der Waals surface area contributed by atoms with Crippen LogP contribution < -0.4 is 9.64 Å². The molecule has 4 aliphatic heterocycles. The van der Waals surface area contributed by atoms with Crippen LogP contribution in [0.1, 0.15) is 58.4 Å². The molecular weight excluding hydrogens is 476 g/mol. The molecule has 0 saturated carbocycles. The van der Waals surface area contributed by atoms with Crippen molar-refractivity contribution in [3.8, 4) is 6.01 Å². The van der Waals surface area contributed by atoms with Crippen LogP contribution in [0.5, 0.6) is 6.01 Å². The van der Waals surface area contributed by atoms with E-state index in [1.54, 1.807) is 6.07 Å². The summed E-state index contributed by atoms with van der Waals surface area (Å²) in [6.07, 6.45) is 7.60. The molecule has 0 aliphatic carbocycles. The first-order valence-electron chi connectivity index (χ1n) is 13.6. The standard InChI is InChI=1S/C26H32FN5O2.C2H6.FH/c1-3-17-11-22-20(13-21(17)27)24(32-15-18-12-19(32)14-31(18)23(33)4-2)29-25(28-22)34-16-26-7-5-9-30(26)10-6-8-26;1-2;/h4,11,13,18-19H,2-3,5-10,12,14-16H2,1H3;1-2H3;1H. The molecule has 2 atom stereocenters. The molecule has 2 bridgehead atoms. The molecule has 37 heavy (non-hydrogen) atoms. The number of aryl methyl sites for hydroxylation is 1. The Balaban J connectivity index is 0.00000104. The monoisotopic (exact) mass is 515 g/mol. The second-order valence-electron chi connectivity index (χ2n) is 10.2. The minimum atomic E-state index is -0.229. The van der Waals surface area contributed by atoms with Crippen molar-refractivity contribution in [2.75, 3.05) is 37.7 Å². The number of carbonyl (C=O) groups excluding carboxylic acids is 1. The molecule has 4 aliphatic rings. The van der Waals surface area contributed by atoms with Gasteiger partial charge in [0.15, 0.2) is 0 Å². The van der Waals surface area contributed by atoms with Crippen LogP contribution in [0.2, 0.25) is 0 Å². The van der Waals surface area contributed by atoms with E-state index in [9.17, 15) is 9.18 Å². The van der Waals surface area contributed by atoms with Crippen LogP contribution in [0.15, 0.2) is 24.8 Å². The lowest BCUT2D eigenvalue weighted by Gasteiger charge is -2.35. The third-order valence-electron chi connectivity index (χ3n) is 8.46. The van der Waals surface area contributed by atoms with Gasteiger partial charge in [0, 0.05) is 18.5 Å². The van der Waals surface area contributed by atoms with E-state index in [4.69, 9.17) is 14.7 Å². The Hall–Kier alpha value is -2.81. The number of carbonyl (C=O) groups is 1. The molecule has 0 spiro atoms. The van der Waals surface area contributed by atoms with Gasteiger partial charge in [-0.3, -0.25) is 14.4 Å². The van der Waals surface area contributed by atoms with E-state index in [-0.39, 0.29) is 34.1 Å². The number of rotatable bonds is 6. The van der Waals surface area contributed by atoms with Crippen molar-refractivity contribution < 1.29 is 18.6 Å². The maximum absolute atomic E-state index is 14.8. The molecule has 202 valence electrons. The molecule has 9 heteroatoms. The van der Waals surface area contributed by atoms with E-state index < -0.39 is 0 Å². The Bertz CT molecular complexity index is 1150. The first-order chi connectivity index (χ1) is 17.5. The van der Waals surface area contributed by atoms with Gasteiger partial charge in [0.2, 0.25) is 5.91 Å². The quantitative estimate of drug-likeness (QED) is 0.529. The van der Waals surface area contributed by atoms with Crippen LogP contribution in [0.25, 0.3) is 10.9 Å². The molecule has 5 heterocycles. The van der Waals surface area contributed by atoms with Gasteiger partial charge in [0.25, 0.3) is 0 Å². The summed E-state index contributed by atoms with van der Waals surface area (Å²) in [6.45, 7) is 13.8. The summed E-state index contributed by atoms with van der Waals surface area (Å²) in [6, 6.07) is 4.04. The lowest BCUT2D eigenvalue weighted by atomic mass is 9.95. The van der Waals surface area contributed by atoms with Crippen molar-refractivity contribution in [1.29, 1.82) is 0 Å². The number of anilines is 1. The number of benzene rings is 1. The molecule has 1 amide bonds. The Labute approximate surface area is 218 Å². The predicted molar refractivity (Wildman–Crippen MR) is 142 cm³/mol. The Morgan fingerprint density at radius 1 is 1.19 bits per heavy atom. The summed E-state index contributed by atoms with van der Waals surface area (Å²) in [5.41, 5.74) is 1.46. The summed E-state index contributed by atoms with van der Waals surface area (Å²) < 4.78 is 21.1. The molecule has 1 aromatic carbocycles. The fraction of sp³-hybridized carbons (Fsp3) is 0.607. The van der Waals surface area contributed by atoms with Crippen molar-refractivity contribution >= 4 is 22.6 Å². The average Bonchev–Trinajstić information content (AvgIpc) is 3.68. The van der Waals surface area contributed by atoms with Gasteiger partial charge in [-0.2, -0.15) is 9.97 Å². The van der Waals surface area contributed by atoms with Gasteiger partial charge in [-0.25, -0.2) is 4.39 Å². The number of hydrogen-bond acceptors (Lipinski definition) is 6. The third kappa shape index (κ3) is 4.67. The fourth-order valence-corrected chi connectivity index (χ4v) is 6.68. The van der Waals surface area contributed by atoms with Crippen LogP contribution in [-0.4, -0.2) is 76.1 Å². The number of amides is 1. The summed E-state index contributed by atoms with van der Waals surface area (Å²) in [5.74, 6) is 0.457.